The topological polar surface area (TPSA) is 66.4 Å². The Labute approximate surface area is 110 Å². The molecule has 0 saturated heterocycles. The fourth-order valence-electron chi connectivity index (χ4n) is 1.95. The van der Waals surface area contributed by atoms with Crippen LogP contribution in [0.2, 0.25) is 0 Å². The van der Waals surface area contributed by atoms with Crippen molar-refractivity contribution in [3.05, 3.63) is 28.2 Å². The van der Waals surface area contributed by atoms with E-state index in [0.717, 1.165) is 20.9 Å². The maximum atomic E-state index is 11.2. The van der Waals surface area contributed by atoms with Crippen LogP contribution in [0, 0.1) is 0 Å². The van der Waals surface area contributed by atoms with Crippen LogP contribution < -0.4 is 5.32 Å². The summed E-state index contributed by atoms with van der Waals surface area (Å²) in [5.74, 6) is -0.955. The Hall–Kier alpha value is -1.58. The van der Waals surface area contributed by atoms with Gasteiger partial charge in [-0.05, 0) is 0 Å². The molecule has 0 aliphatic carbocycles. The molecule has 0 aliphatic rings. The molecule has 1 aromatic carbocycles. The number of hydrogen-bond acceptors (Lipinski definition) is 2. The first kappa shape index (κ1) is 12.9. The summed E-state index contributed by atoms with van der Waals surface area (Å²) in [5.41, 5.74) is 1.61. The Morgan fingerprint density at radius 1 is 1.39 bits per heavy atom. The molecular weight excluding hydrogens is 297 g/mol. The van der Waals surface area contributed by atoms with Crippen molar-refractivity contribution in [3.8, 4) is 0 Å². The van der Waals surface area contributed by atoms with E-state index in [0.29, 0.717) is 10.9 Å². The van der Waals surface area contributed by atoms with Crippen LogP contribution in [0.5, 0.6) is 0 Å². The van der Waals surface area contributed by atoms with E-state index in [2.05, 4.69) is 5.32 Å². The molecule has 1 amide bonds. The van der Waals surface area contributed by atoms with Crippen LogP contribution in [0.15, 0.2) is 18.2 Å². The molecule has 0 unspecified atom stereocenters. The molecule has 0 bridgehead atoms. The van der Waals surface area contributed by atoms with Crippen molar-refractivity contribution in [2.75, 3.05) is 5.32 Å². The van der Waals surface area contributed by atoms with Crippen LogP contribution in [0.25, 0.3) is 9.65 Å². The second kappa shape index (κ2) is 4.96. The first-order chi connectivity index (χ1) is 8.52. The minimum atomic E-state index is -0.830. The van der Waals surface area contributed by atoms with Crippen LogP contribution >= 0.6 is 0 Å². The fourth-order valence-corrected chi connectivity index (χ4v) is 4.29. The van der Waals surface area contributed by atoms with Crippen molar-refractivity contribution in [3.63, 3.8) is 0 Å². The Bertz CT molecular complexity index is 630. The molecule has 1 heterocycles. The van der Waals surface area contributed by atoms with E-state index in [1.54, 1.807) is 0 Å². The summed E-state index contributed by atoms with van der Waals surface area (Å²) >= 11 is -0.138. The third-order valence-corrected chi connectivity index (χ3v) is 5.18. The van der Waals surface area contributed by atoms with Gasteiger partial charge in [-0.3, -0.25) is 0 Å². The Balaban J connectivity index is 2.60. The van der Waals surface area contributed by atoms with Gasteiger partial charge < -0.3 is 0 Å². The number of nitrogens with one attached hydrogen (secondary N) is 1. The number of benzene rings is 1. The first-order valence-corrected chi connectivity index (χ1v) is 7.30. The van der Waals surface area contributed by atoms with E-state index in [1.165, 1.54) is 6.92 Å². The van der Waals surface area contributed by atoms with Gasteiger partial charge in [0.2, 0.25) is 0 Å². The van der Waals surface area contributed by atoms with E-state index in [4.69, 9.17) is 0 Å². The van der Waals surface area contributed by atoms with E-state index in [1.807, 2.05) is 25.1 Å². The molecule has 0 atom stereocenters. The number of carbonyl (C=O) groups excluding carboxylic acids is 1. The molecule has 94 valence electrons. The molecule has 4 nitrogen and oxygen atoms in total. The van der Waals surface area contributed by atoms with Gasteiger partial charge >= 0.3 is 110 Å². The zero-order valence-corrected chi connectivity index (χ0v) is 11.8. The summed E-state index contributed by atoms with van der Waals surface area (Å²) in [6.45, 7) is 3.41. The summed E-state index contributed by atoms with van der Waals surface area (Å²) in [5, 5.41) is 12.9. The molecule has 0 fully saturated rings. The summed E-state index contributed by atoms with van der Waals surface area (Å²) in [4.78, 5) is 22.2. The summed E-state index contributed by atoms with van der Waals surface area (Å²) in [6, 6.07) is 5.60. The first-order valence-electron chi connectivity index (χ1n) is 5.59. The maximum absolute atomic E-state index is 11.2. The second-order valence-electron chi connectivity index (χ2n) is 3.96. The predicted octanol–water partition coefficient (Wildman–Crippen LogP) is 2.12. The monoisotopic (exact) mass is 311 g/mol. The Morgan fingerprint density at radius 2 is 2.11 bits per heavy atom. The van der Waals surface area contributed by atoms with E-state index >= 15 is 0 Å². The standard InChI is InChI=1S/C13H13NO3Se/c1-3-9-10-6-8(14-7(2)15)4-5-11(10)18-12(9)13(16)17/h4-6H,3H2,1-2H3,(H,14,15)(H,16,17). The zero-order valence-electron chi connectivity index (χ0n) is 10.1. The number of hydrogen-bond donors (Lipinski definition) is 2. The molecule has 0 spiro atoms. The number of rotatable bonds is 3. The van der Waals surface area contributed by atoms with Gasteiger partial charge in [0.15, 0.2) is 0 Å². The Kier molecular flexibility index (Phi) is 3.55. The van der Waals surface area contributed by atoms with Crippen LogP contribution in [-0.4, -0.2) is 31.5 Å². The average Bonchev–Trinajstić information content (AvgIpc) is 2.66. The number of carboxylic acid groups (broad SMARTS) is 1. The van der Waals surface area contributed by atoms with Gasteiger partial charge in [-0.1, -0.05) is 0 Å². The number of aromatic carboxylic acids is 1. The normalized spacial score (nSPS) is 10.6. The van der Waals surface area contributed by atoms with Gasteiger partial charge in [-0.2, -0.15) is 0 Å². The number of aryl methyl sites for hydroxylation is 1. The quantitative estimate of drug-likeness (QED) is 0.853. The van der Waals surface area contributed by atoms with Crippen LogP contribution in [0.4, 0.5) is 5.69 Å². The SMILES string of the molecule is CCc1c(C(=O)O)[se]c2ccc(NC(C)=O)cc12. The molecule has 2 N–H and O–H groups in total. The number of anilines is 1. The van der Waals surface area contributed by atoms with Gasteiger partial charge in [0.1, 0.15) is 0 Å². The molecule has 0 aliphatic heterocycles. The molecular formula is C13H13NO3Se. The number of amides is 1. The van der Waals surface area contributed by atoms with Crippen molar-refractivity contribution in [2.45, 2.75) is 20.3 Å². The number of fused-ring (bicyclic) bond motifs is 1. The van der Waals surface area contributed by atoms with Crippen molar-refractivity contribution in [2.24, 2.45) is 0 Å². The van der Waals surface area contributed by atoms with Crippen molar-refractivity contribution < 1.29 is 14.7 Å². The van der Waals surface area contributed by atoms with Gasteiger partial charge in [0.25, 0.3) is 0 Å². The van der Waals surface area contributed by atoms with Crippen LogP contribution in [-0.2, 0) is 11.2 Å². The van der Waals surface area contributed by atoms with Crippen LogP contribution in [0.1, 0.15) is 28.6 Å². The second-order valence-corrected chi connectivity index (χ2v) is 6.17. The van der Waals surface area contributed by atoms with E-state index in [-0.39, 0.29) is 20.4 Å². The van der Waals surface area contributed by atoms with Gasteiger partial charge in [0.05, 0.1) is 0 Å². The third kappa shape index (κ3) is 2.32. The van der Waals surface area contributed by atoms with Crippen molar-refractivity contribution in [1.82, 2.24) is 0 Å². The van der Waals surface area contributed by atoms with Gasteiger partial charge in [-0.15, -0.1) is 0 Å². The average molecular weight is 310 g/mol. The Morgan fingerprint density at radius 3 is 2.67 bits per heavy atom. The van der Waals surface area contributed by atoms with Gasteiger partial charge in [-0.25, -0.2) is 0 Å². The molecule has 2 aromatic rings. The predicted molar refractivity (Wildman–Crippen MR) is 71.5 cm³/mol. The zero-order chi connectivity index (χ0) is 13.3. The number of carbonyl (C=O) groups is 2. The molecule has 5 heteroatoms. The van der Waals surface area contributed by atoms with Crippen molar-refractivity contribution >= 4 is 41.7 Å². The molecule has 2 rings (SSSR count). The van der Waals surface area contributed by atoms with E-state index in [9.17, 15) is 14.7 Å². The summed E-state index contributed by atoms with van der Waals surface area (Å²) < 4.78 is 1.60. The molecule has 18 heavy (non-hydrogen) atoms. The van der Waals surface area contributed by atoms with Gasteiger partial charge in [0, 0.05) is 0 Å². The van der Waals surface area contributed by atoms with E-state index < -0.39 is 5.97 Å². The van der Waals surface area contributed by atoms with Crippen LogP contribution in [0.3, 0.4) is 0 Å². The third-order valence-electron chi connectivity index (χ3n) is 2.66. The summed E-state index contributed by atoms with van der Waals surface area (Å²) in [6.07, 6.45) is 0.694. The fraction of sp³-hybridized carbons (Fsp3) is 0.231. The number of carboxylic acids is 1. The molecule has 0 saturated carbocycles. The van der Waals surface area contributed by atoms with Crippen molar-refractivity contribution in [1.29, 1.82) is 0 Å². The summed E-state index contributed by atoms with van der Waals surface area (Å²) in [7, 11) is 0. The molecule has 0 radical (unpaired) electrons. The minimum absolute atomic E-state index is 0.126. The molecule has 1 aromatic heterocycles.